The number of rotatable bonds is 4. The summed E-state index contributed by atoms with van der Waals surface area (Å²) in [6.07, 6.45) is 0.247. The molecule has 1 heterocycles. The third-order valence-corrected chi connectivity index (χ3v) is 2.25. The highest BCUT2D eigenvalue weighted by Crippen LogP contribution is 2.15. The normalized spacial score (nSPS) is 22.3. The highest BCUT2D eigenvalue weighted by molar-refractivity contribution is 6.05. The molecular formula is C10H19N3O2. The summed E-state index contributed by atoms with van der Waals surface area (Å²) >= 11 is 0. The first-order valence-electron chi connectivity index (χ1n) is 5.30. The van der Waals surface area contributed by atoms with Crippen molar-refractivity contribution in [2.75, 3.05) is 0 Å². The zero-order valence-corrected chi connectivity index (χ0v) is 9.70. The van der Waals surface area contributed by atoms with Crippen LogP contribution in [0.1, 0.15) is 34.1 Å². The summed E-state index contributed by atoms with van der Waals surface area (Å²) in [5.41, 5.74) is 5.83. The largest absolute Gasteiger partial charge is 0.279 e. The van der Waals surface area contributed by atoms with Crippen molar-refractivity contribution in [1.29, 1.82) is 0 Å². The fraction of sp³-hybridized carbons (Fsp3) is 0.800. The van der Waals surface area contributed by atoms with Gasteiger partial charge in [-0.05, 0) is 27.7 Å². The standard InChI is InChI=1S/C10H19N3O2/c1-6(2)11-12-8-5-9(14)13(7(3)4)10(8)15/h6-8,11-12H,5H2,1-4H3. The molecule has 1 aliphatic heterocycles. The predicted molar refractivity (Wildman–Crippen MR) is 56.8 cm³/mol. The molecule has 1 atom stereocenters. The molecule has 1 aliphatic rings. The Hall–Kier alpha value is -0.940. The molecule has 0 aromatic carbocycles. The Kier molecular flexibility index (Phi) is 3.82. The lowest BCUT2D eigenvalue weighted by Crippen LogP contribution is -2.49. The van der Waals surface area contributed by atoms with Gasteiger partial charge in [-0.15, -0.1) is 0 Å². The van der Waals surface area contributed by atoms with E-state index in [2.05, 4.69) is 10.9 Å². The molecule has 0 aromatic heterocycles. The lowest BCUT2D eigenvalue weighted by molar-refractivity contribution is -0.140. The Bertz CT molecular complexity index is 263. The molecule has 0 aliphatic carbocycles. The predicted octanol–water partition coefficient (Wildman–Crippen LogP) is 0.0249. The van der Waals surface area contributed by atoms with Gasteiger partial charge in [0.15, 0.2) is 0 Å². The molecular weight excluding hydrogens is 194 g/mol. The first-order chi connectivity index (χ1) is 6.93. The van der Waals surface area contributed by atoms with Gasteiger partial charge in [-0.2, -0.15) is 0 Å². The Morgan fingerprint density at radius 2 is 1.87 bits per heavy atom. The molecule has 2 N–H and O–H groups in total. The highest BCUT2D eigenvalue weighted by Gasteiger charge is 2.39. The number of carbonyl (C=O) groups excluding carboxylic acids is 2. The fourth-order valence-electron chi connectivity index (χ4n) is 1.57. The van der Waals surface area contributed by atoms with Gasteiger partial charge in [0.2, 0.25) is 11.8 Å². The van der Waals surface area contributed by atoms with Crippen molar-refractivity contribution in [3.05, 3.63) is 0 Å². The minimum atomic E-state index is -0.415. The molecule has 2 amide bonds. The number of carbonyl (C=O) groups is 2. The van der Waals surface area contributed by atoms with Crippen molar-refractivity contribution in [2.45, 2.75) is 52.2 Å². The number of hydrazine groups is 1. The van der Waals surface area contributed by atoms with Crippen LogP contribution in [0, 0.1) is 0 Å². The lowest BCUT2D eigenvalue weighted by Gasteiger charge is -2.19. The topological polar surface area (TPSA) is 61.4 Å². The molecule has 0 radical (unpaired) electrons. The highest BCUT2D eigenvalue weighted by atomic mass is 16.2. The fourth-order valence-corrected chi connectivity index (χ4v) is 1.57. The summed E-state index contributed by atoms with van der Waals surface area (Å²) in [5, 5.41) is 0. The van der Waals surface area contributed by atoms with Crippen LogP contribution in [0.2, 0.25) is 0 Å². The number of likely N-dealkylation sites (tertiary alicyclic amines) is 1. The van der Waals surface area contributed by atoms with E-state index in [-0.39, 0.29) is 30.3 Å². The summed E-state index contributed by atoms with van der Waals surface area (Å²) in [4.78, 5) is 24.6. The van der Waals surface area contributed by atoms with Gasteiger partial charge in [0, 0.05) is 12.1 Å². The van der Waals surface area contributed by atoms with Gasteiger partial charge in [0.05, 0.1) is 6.42 Å². The van der Waals surface area contributed by atoms with Crippen LogP contribution in [0.15, 0.2) is 0 Å². The van der Waals surface area contributed by atoms with E-state index < -0.39 is 6.04 Å². The summed E-state index contributed by atoms with van der Waals surface area (Å²) in [6.45, 7) is 7.62. The summed E-state index contributed by atoms with van der Waals surface area (Å²) in [7, 11) is 0. The number of hydrogen-bond donors (Lipinski definition) is 2. The van der Waals surface area contributed by atoms with Gasteiger partial charge in [-0.3, -0.25) is 19.9 Å². The Labute approximate surface area is 90.2 Å². The monoisotopic (exact) mass is 213 g/mol. The van der Waals surface area contributed by atoms with Crippen LogP contribution in [0.25, 0.3) is 0 Å². The molecule has 1 unspecified atom stereocenters. The third kappa shape index (κ3) is 2.76. The quantitative estimate of drug-likeness (QED) is 0.511. The van der Waals surface area contributed by atoms with Crippen molar-refractivity contribution < 1.29 is 9.59 Å². The summed E-state index contributed by atoms with van der Waals surface area (Å²) in [6, 6.07) is -0.237. The van der Waals surface area contributed by atoms with E-state index in [0.29, 0.717) is 0 Å². The Morgan fingerprint density at radius 1 is 1.27 bits per heavy atom. The molecule has 5 heteroatoms. The Morgan fingerprint density at radius 3 is 2.27 bits per heavy atom. The van der Waals surface area contributed by atoms with Crippen LogP contribution in [0.5, 0.6) is 0 Å². The van der Waals surface area contributed by atoms with E-state index in [0.717, 1.165) is 0 Å². The molecule has 1 saturated heterocycles. The minimum absolute atomic E-state index is 0.0594. The van der Waals surface area contributed by atoms with Gasteiger partial charge in [0.25, 0.3) is 0 Å². The average molecular weight is 213 g/mol. The molecule has 15 heavy (non-hydrogen) atoms. The number of nitrogens with one attached hydrogen (secondary N) is 2. The first kappa shape index (κ1) is 12.1. The van der Waals surface area contributed by atoms with Gasteiger partial charge in [-0.25, -0.2) is 5.43 Å². The minimum Gasteiger partial charge on any atom is -0.279 e. The second-order valence-corrected chi connectivity index (χ2v) is 4.40. The number of hydrogen-bond acceptors (Lipinski definition) is 4. The molecule has 0 bridgehead atoms. The zero-order chi connectivity index (χ0) is 11.6. The van der Waals surface area contributed by atoms with E-state index in [4.69, 9.17) is 0 Å². The van der Waals surface area contributed by atoms with Crippen LogP contribution in [-0.4, -0.2) is 34.8 Å². The zero-order valence-electron chi connectivity index (χ0n) is 9.70. The van der Waals surface area contributed by atoms with E-state index in [1.54, 1.807) is 0 Å². The van der Waals surface area contributed by atoms with Gasteiger partial charge in [-0.1, -0.05) is 0 Å². The smallest absolute Gasteiger partial charge is 0.248 e. The van der Waals surface area contributed by atoms with Gasteiger partial charge in [0.1, 0.15) is 6.04 Å². The molecule has 1 fully saturated rings. The van der Waals surface area contributed by atoms with Gasteiger partial charge < -0.3 is 0 Å². The van der Waals surface area contributed by atoms with Crippen LogP contribution >= 0.6 is 0 Å². The van der Waals surface area contributed by atoms with Crippen LogP contribution in [-0.2, 0) is 9.59 Å². The molecule has 5 nitrogen and oxygen atoms in total. The SMILES string of the molecule is CC(C)NNC1CC(=O)N(C(C)C)C1=O. The maximum atomic E-state index is 11.8. The van der Waals surface area contributed by atoms with E-state index in [1.807, 2.05) is 27.7 Å². The number of nitrogens with zero attached hydrogens (tertiary/aromatic N) is 1. The lowest BCUT2D eigenvalue weighted by atomic mass is 10.2. The summed E-state index contributed by atoms with van der Waals surface area (Å²) < 4.78 is 0. The van der Waals surface area contributed by atoms with Crippen LogP contribution < -0.4 is 10.9 Å². The van der Waals surface area contributed by atoms with E-state index >= 15 is 0 Å². The molecule has 0 spiro atoms. The number of imide groups is 1. The first-order valence-corrected chi connectivity index (χ1v) is 5.30. The van der Waals surface area contributed by atoms with Crippen molar-refractivity contribution in [2.24, 2.45) is 0 Å². The van der Waals surface area contributed by atoms with E-state index in [9.17, 15) is 9.59 Å². The maximum Gasteiger partial charge on any atom is 0.248 e. The molecule has 0 aromatic rings. The summed E-state index contributed by atoms with van der Waals surface area (Å²) in [5.74, 6) is -0.235. The second-order valence-electron chi connectivity index (χ2n) is 4.40. The van der Waals surface area contributed by atoms with Crippen molar-refractivity contribution in [1.82, 2.24) is 15.8 Å². The number of amides is 2. The Balaban J connectivity index is 2.57. The molecule has 1 rings (SSSR count). The second kappa shape index (κ2) is 4.72. The van der Waals surface area contributed by atoms with Crippen LogP contribution in [0.3, 0.4) is 0 Å². The molecule has 0 saturated carbocycles. The van der Waals surface area contributed by atoms with Gasteiger partial charge >= 0.3 is 0 Å². The van der Waals surface area contributed by atoms with Crippen molar-refractivity contribution in [3.8, 4) is 0 Å². The average Bonchev–Trinajstić information content (AvgIpc) is 2.37. The van der Waals surface area contributed by atoms with Crippen molar-refractivity contribution in [3.63, 3.8) is 0 Å². The van der Waals surface area contributed by atoms with E-state index in [1.165, 1.54) is 4.90 Å². The van der Waals surface area contributed by atoms with Crippen LogP contribution in [0.4, 0.5) is 0 Å². The third-order valence-electron chi connectivity index (χ3n) is 2.25. The van der Waals surface area contributed by atoms with Crippen molar-refractivity contribution >= 4 is 11.8 Å². The molecule has 86 valence electrons. The maximum absolute atomic E-state index is 11.8.